The van der Waals surface area contributed by atoms with E-state index >= 15 is 0 Å². The van der Waals surface area contributed by atoms with Crippen molar-refractivity contribution in [1.29, 1.82) is 0 Å². The maximum atomic E-state index is 6.46. The molecule has 0 amide bonds. The molecular formula is C59H39NO. The first-order chi connectivity index (χ1) is 30.2. The summed E-state index contributed by atoms with van der Waals surface area (Å²) in [6.45, 7) is 0. The van der Waals surface area contributed by atoms with Crippen LogP contribution in [-0.2, 0) is 5.41 Å². The molecule has 0 saturated heterocycles. The van der Waals surface area contributed by atoms with Crippen LogP contribution in [0, 0.1) is 0 Å². The largest absolute Gasteiger partial charge is 0.455 e. The number of hydrogen-bond acceptors (Lipinski definition) is 2. The zero-order valence-electron chi connectivity index (χ0n) is 33.4. The van der Waals surface area contributed by atoms with E-state index in [1.54, 1.807) is 0 Å². The van der Waals surface area contributed by atoms with Gasteiger partial charge in [0.25, 0.3) is 0 Å². The summed E-state index contributed by atoms with van der Waals surface area (Å²) in [5.74, 6) is 0. The predicted octanol–water partition coefficient (Wildman–Crippen LogP) is 15.9. The molecule has 0 fully saturated rings. The van der Waals surface area contributed by atoms with E-state index in [1.807, 2.05) is 0 Å². The Hall–Kier alpha value is -7.94. The summed E-state index contributed by atoms with van der Waals surface area (Å²) < 4.78 is 6.46. The van der Waals surface area contributed by atoms with Gasteiger partial charge in [0.2, 0.25) is 0 Å². The average Bonchev–Trinajstić information content (AvgIpc) is 3.86. The minimum absolute atomic E-state index is 0.506. The molecule has 2 nitrogen and oxygen atoms in total. The Balaban J connectivity index is 1.03. The molecule has 11 aromatic rings. The molecule has 61 heavy (non-hydrogen) atoms. The molecule has 286 valence electrons. The first-order valence-corrected chi connectivity index (χ1v) is 21.0. The van der Waals surface area contributed by atoms with Gasteiger partial charge in [-0.1, -0.05) is 182 Å². The lowest BCUT2D eigenvalue weighted by atomic mass is 9.67. The molecule has 0 bridgehead atoms. The van der Waals surface area contributed by atoms with Crippen molar-refractivity contribution in [2.45, 2.75) is 5.41 Å². The van der Waals surface area contributed by atoms with Crippen molar-refractivity contribution in [2.75, 3.05) is 4.90 Å². The first-order valence-electron chi connectivity index (χ1n) is 21.0. The molecule has 0 radical (unpaired) electrons. The number of benzene rings is 10. The number of rotatable bonds is 7. The Kier molecular flexibility index (Phi) is 8.11. The van der Waals surface area contributed by atoms with Gasteiger partial charge < -0.3 is 9.32 Å². The minimum atomic E-state index is -0.506. The summed E-state index contributed by atoms with van der Waals surface area (Å²) in [6.07, 6.45) is 0. The SMILES string of the molecule is c1ccc(-c2cccc(N(c3ccc(-c4ccc5oc6c7ccccc7ccc6c5c4)cc3)c3ccc4c(c3)C(c3ccccc3)(c3ccccc3)c3ccccc3-4)c2)cc1. The molecule has 0 N–H and O–H groups in total. The molecule has 1 aliphatic rings. The molecule has 12 rings (SSSR count). The van der Waals surface area contributed by atoms with E-state index in [1.165, 1.54) is 49.9 Å². The summed E-state index contributed by atoms with van der Waals surface area (Å²) >= 11 is 0. The number of anilines is 3. The topological polar surface area (TPSA) is 16.4 Å². The van der Waals surface area contributed by atoms with E-state index in [9.17, 15) is 0 Å². The Morgan fingerprint density at radius 3 is 1.70 bits per heavy atom. The first kappa shape index (κ1) is 35.0. The van der Waals surface area contributed by atoms with E-state index < -0.39 is 5.41 Å². The van der Waals surface area contributed by atoms with E-state index in [0.717, 1.165) is 55.5 Å². The second-order valence-electron chi connectivity index (χ2n) is 16.0. The molecule has 10 aromatic carbocycles. The maximum absolute atomic E-state index is 6.46. The molecule has 1 aromatic heterocycles. The Labute approximate surface area is 355 Å². The normalized spacial score (nSPS) is 12.7. The van der Waals surface area contributed by atoms with Gasteiger partial charge in [-0.25, -0.2) is 0 Å². The number of nitrogens with zero attached hydrogens (tertiary/aromatic N) is 1. The molecule has 1 heterocycles. The standard InChI is InChI=1S/C59H39NO/c1-4-15-40(16-5-1)43-18-14-23-48(37-43)60(47-31-27-41(28-32-47)44-30-36-57-54(38-44)53-34-29-42-17-10-11-24-50(42)58(53)61-57)49-33-35-52-51-25-12-13-26-55(51)59(56(52)39-49,45-19-6-2-7-20-45)46-21-8-3-9-22-46/h1-39H. The third kappa shape index (κ3) is 5.57. The van der Waals surface area contributed by atoms with E-state index in [4.69, 9.17) is 4.42 Å². The lowest BCUT2D eigenvalue weighted by molar-refractivity contribution is 0.672. The summed E-state index contributed by atoms with van der Waals surface area (Å²) in [6, 6.07) is 86.1. The predicted molar refractivity (Wildman–Crippen MR) is 254 cm³/mol. The fourth-order valence-electron chi connectivity index (χ4n) is 9.96. The number of hydrogen-bond donors (Lipinski definition) is 0. The van der Waals surface area contributed by atoms with Gasteiger partial charge in [-0.3, -0.25) is 0 Å². The zero-order valence-corrected chi connectivity index (χ0v) is 33.4. The van der Waals surface area contributed by atoms with Crippen molar-refractivity contribution in [1.82, 2.24) is 0 Å². The van der Waals surface area contributed by atoms with Crippen molar-refractivity contribution in [2.24, 2.45) is 0 Å². The average molecular weight is 778 g/mol. The van der Waals surface area contributed by atoms with Crippen LogP contribution in [0.2, 0.25) is 0 Å². The fraction of sp³-hybridized carbons (Fsp3) is 0.0169. The highest BCUT2D eigenvalue weighted by Gasteiger charge is 2.46. The van der Waals surface area contributed by atoms with Gasteiger partial charge in [-0.2, -0.15) is 0 Å². The van der Waals surface area contributed by atoms with Gasteiger partial charge in [0.1, 0.15) is 11.2 Å². The highest BCUT2D eigenvalue weighted by atomic mass is 16.3. The second-order valence-corrected chi connectivity index (χ2v) is 16.0. The van der Waals surface area contributed by atoms with Gasteiger partial charge in [0, 0.05) is 33.2 Å². The lowest BCUT2D eigenvalue weighted by Gasteiger charge is -2.35. The van der Waals surface area contributed by atoms with Crippen LogP contribution in [0.25, 0.3) is 66.1 Å². The molecule has 2 heteroatoms. The molecule has 0 saturated carbocycles. The Bertz CT molecular complexity index is 3360. The summed E-state index contributed by atoms with van der Waals surface area (Å²) in [5.41, 5.74) is 16.9. The van der Waals surface area contributed by atoms with Crippen LogP contribution in [0.4, 0.5) is 17.1 Å². The minimum Gasteiger partial charge on any atom is -0.455 e. The van der Waals surface area contributed by atoms with E-state index in [0.29, 0.717) is 0 Å². The van der Waals surface area contributed by atoms with Crippen molar-refractivity contribution in [3.8, 4) is 33.4 Å². The Morgan fingerprint density at radius 1 is 0.328 bits per heavy atom. The van der Waals surface area contributed by atoms with Gasteiger partial charge in [-0.15, -0.1) is 0 Å². The molecular weight excluding hydrogens is 739 g/mol. The second kappa shape index (κ2) is 14.1. The van der Waals surface area contributed by atoms with Gasteiger partial charge in [0.05, 0.1) is 5.41 Å². The maximum Gasteiger partial charge on any atom is 0.143 e. The molecule has 1 aliphatic carbocycles. The summed E-state index contributed by atoms with van der Waals surface area (Å²) in [7, 11) is 0. The van der Waals surface area contributed by atoms with Gasteiger partial charge >= 0.3 is 0 Å². The van der Waals surface area contributed by atoms with Gasteiger partial charge in [0.15, 0.2) is 0 Å². The number of fused-ring (bicyclic) bond motifs is 8. The monoisotopic (exact) mass is 777 g/mol. The van der Waals surface area contributed by atoms with Crippen LogP contribution in [0.5, 0.6) is 0 Å². The van der Waals surface area contributed by atoms with Crippen LogP contribution < -0.4 is 4.90 Å². The van der Waals surface area contributed by atoms with Crippen LogP contribution >= 0.6 is 0 Å². The molecule has 0 aliphatic heterocycles. The lowest BCUT2D eigenvalue weighted by Crippen LogP contribution is -2.28. The van der Waals surface area contributed by atoms with Crippen LogP contribution in [0.3, 0.4) is 0 Å². The van der Waals surface area contributed by atoms with Crippen molar-refractivity contribution in [3.05, 3.63) is 259 Å². The highest BCUT2D eigenvalue weighted by Crippen LogP contribution is 2.57. The van der Waals surface area contributed by atoms with Crippen LogP contribution in [0.1, 0.15) is 22.3 Å². The zero-order chi connectivity index (χ0) is 40.3. The van der Waals surface area contributed by atoms with Crippen LogP contribution in [0.15, 0.2) is 241 Å². The third-order valence-corrected chi connectivity index (χ3v) is 12.7. The highest BCUT2D eigenvalue weighted by molar-refractivity contribution is 6.15. The van der Waals surface area contributed by atoms with Crippen LogP contribution in [-0.4, -0.2) is 0 Å². The smallest absolute Gasteiger partial charge is 0.143 e. The fourth-order valence-corrected chi connectivity index (χ4v) is 9.96. The van der Waals surface area contributed by atoms with E-state index in [2.05, 4.69) is 241 Å². The summed E-state index contributed by atoms with van der Waals surface area (Å²) in [4.78, 5) is 2.41. The quantitative estimate of drug-likeness (QED) is 0.160. The molecule has 0 unspecified atom stereocenters. The molecule has 0 atom stereocenters. The number of furan rings is 1. The Morgan fingerprint density at radius 2 is 0.918 bits per heavy atom. The van der Waals surface area contributed by atoms with Gasteiger partial charge in [-0.05, 0) is 116 Å². The molecule has 0 spiro atoms. The summed E-state index contributed by atoms with van der Waals surface area (Å²) in [5, 5.41) is 4.58. The van der Waals surface area contributed by atoms with Crippen molar-refractivity contribution in [3.63, 3.8) is 0 Å². The van der Waals surface area contributed by atoms with Crippen molar-refractivity contribution >= 4 is 49.8 Å². The third-order valence-electron chi connectivity index (χ3n) is 12.7. The van der Waals surface area contributed by atoms with Crippen molar-refractivity contribution < 1.29 is 4.42 Å². The van der Waals surface area contributed by atoms with E-state index in [-0.39, 0.29) is 0 Å².